The number of hydrogen-bond donors (Lipinski definition) is 0. The summed E-state index contributed by atoms with van der Waals surface area (Å²) < 4.78 is 17.4. The van der Waals surface area contributed by atoms with Crippen LogP contribution < -0.4 is 0 Å². The van der Waals surface area contributed by atoms with Crippen LogP contribution in [-0.2, 0) is 28.6 Å². The topological polar surface area (TPSA) is 82.1 Å². The molecule has 1 unspecified atom stereocenters. The zero-order valence-corrected chi connectivity index (χ0v) is 36.1. The van der Waals surface area contributed by atoms with Crippen LogP contribution in [0.15, 0.2) is 0 Å². The highest BCUT2D eigenvalue weighted by Gasteiger charge is 2.22. The first kappa shape index (κ1) is 49.7. The number of unbranched alkanes of at least 4 members (excludes halogenated alkanes) is 14. The summed E-state index contributed by atoms with van der Waals surface area (Å²) >= 11 is 1.91. The summed E-state index contributed by atoms with van der Waals surface area (Å²) in [6, 6.07) is 0. The number of hydrogen-bond acceptors (Lipinski definition) is 8. The number of esters is 3. The minimum absolute atomic E-state index is 0.00715. The lowest BCUT2D eigenvalue weighted by Gasteiger charge is -2.20. The van der Waals surface area contributed by atoms with E-state index in [2.05, 4.69) is 32.6 Å². The normalized spacial score (nSPS) is 13.9. The Kier molecular flexibility index (Phi) is 34.1. The largest absolute Gasteiger partial charge is 0.465 e. The van der Waals surface area contributed by atoms with Crippen LogP contribution in [0.5, 0.6) is 0 Å². The van der Waals surface area contributed by atoms with Crippen LogP contribution in [0.4, 0.5) is 0 Å². The van der Waals surface area contributed by atoms with Gasteiger partial charge in [-0.05, 0) is 96.0 Å². The van der Waals surface area contributed by atoms with Crippen molar-refractivity contribution >= 4 is 29.7 Å². The molecule has 1 saturated heterocycles. The first-order valence-electron chi connectivity index (χ1n) is 22.8. The molecular weight excluding hydrogens is 683 g/mol. The van der Waals surface area contributed by atoms with Gasteiger partial charge >= 0.3 is 17.9 Å². The van der Waals surface area contributed by atoms with Crippen molar-refractivity contribution in [3.05, 3.63) is 0 Å². The fourth-order valence-electron chi connectivity index (χ4n) is 7.13. The van der Waals surface area contributed by atoms with Crippen LogP contribution in [-0.4, -0.2) is 72.8 Å². The first-order chi connectivity index (χ1) is 25.9. The second-order valence-electron chi connectivity index (χ2n) is 15.8. The Bertz CT molecular complexity index is 850. The monoisotopic (exact) mass is 768 g/mol. The molecule has 1 aliphatic heterocycles. The van der Waals surface area contributed by atoms with Crippen LogP contribution in [0, 0.1) is 5.92 Å². The molecule has 0 aromatic rings. The Hall–Kier alpha value is -1.28. The second-order valence-corrected chi connectivity index (χ2v) is 17.0. The Labute approximate surface area is 331 Å². The zero-order valence-electron chi connectivity index (χ0n) is 35.3. The van der Waals surface area contributed by atoms with Crippen molar-refractivity contribution in [1.29, 1.82) is 0 Å². The molecule has 0 aromatic carbocycles. The number of nitrogens with zero attached hydrogens (tertiary/aromatic N) is 1. The highest BCUT2D eigenvalue weighted by molar-refractivity contribution is 7.99. The standard InChI is InChI=1S/C45H85NO6S/c1-5-9-27-41(28-10-6-2)51-43(47)31-21-17-13-15-19-25-37-50-45(49)40(33-36-46-34-23-24-35-46)39-53-38-26-20-16-14-18-22-32-44(48)52-42(29-11-7-3)30-12-8-4/h40-42H,5-39H2,1-4H3. The summed E-state index contributed by atoms with van der Waals surface area (Å²) in [4.78, 5) is 40.3. The number of carbonyl (C=O) groups excluding carboxylic acids is 3. The lowest BCUT2D eigenvalue weighted by Crippen LogP contribution is -2.28. The minimum atomic E-state index is -0.0255. The minimum Gasteiger partial charge on any atom is -0.465 e. The molecule has 0 aliphatic carbocycles. The predicted molar refractivity (Wildman–Crippen MR) is 225 cm³/mol. The van der Waals surface area contributed by atoms with Gasteiger partial charge in [0.25, 0.3) is 0 Å². The second kappa shape index (κ2) is 36.4. The maximum atomic E-state index is 13.1. The third-order valence-electron chi connectivity index (χ3n) is 10.7. The van der Waals surface area contributed by atoms with Gasteiger partial charge in [-0.3, -0.25) is 14.4 Å². The highest BCUT2D eigenvalue weighted by atomic mass is 32.2. The van der Waals surface area contributed by atoms with E-state index in [0.717, 1.165) is 166 Å². The summed E-state index contributed by atoms with van der Waals surface area (Å²) in [5.41, 5.74) is 0. The van der Waals surface area contributed by atoms with E-state index in [4.69, 9.17) is 14.2 Å². The van der Waals surface area contributed by atoms with Crippen molar-refractivity contribution in [1.82, 2.24) is 4.90 Å². The Morgan fingerprint density at radius 1 is 0.547 bits per heavy atom. The molecule has 0 bridgehead atoms. The molecule has 0 radical (unpaired) electrons. The number of rotatable bonds is 38. The summed E-state index contributed by atoms with van der Waals surface area (Å²) in [5, 5.41) is 0. The Morgan fingerprint density at radius 3 is 1.45 bits per heavy atom. The Morgan fingerprint density at radius 2 is 0.981 bits per heavy atom. The quantitative estimate of drug-likeness (QED) is 0.0349. The van der Waals surface area contributed by atoms with Gasteiger partial charge in [0.05, 0.1) is 12.5 Å². The van der Waals surface area contributed by atoms with Gasteiger partial charge in [-0.1, -0.05) is 130 Å². The molecule has 0 N–H and O–H groups in total. The number of thioether (sulfide) groups is 1. The summed E-state index contributed by atoms with van der Waals surface area (Å²) in [7, 11) is 0. The van der Waals surface area contributed by atoms with Crippen molar-refractivity contribution in [2.45, 2.75) is 226 Å². The number of carbonyl (C=O) groups is 3. The van der Waals surface area contributed by atoms with E-state index in [-0.39, 0.29) is 36.0 Å². The summed E-state index contributed by atoms with van der Waals surface area (Å²) in [6.45, 7) is 12.6. The molecule has 53 heavy (non-hydrogen) atoms. The van der Waals surface area contributed by atoms with E-state index in [1.165, 1.54) is 38.5 Å². The van der Waals surface area contributed by atoms with E-state index < -0.39 is 0 Å². The van der Waals surface area contributed by atoms with Crippen LogP contribution in [0.2, 0.25) is 0 Å². The molecule has 0 spiro atoms. The van der Waals surface area contributed by atoms with Crippen molar-refractivity contribution in [2.75, 3.05) is 37.7 Å². The van der Waals surface area contributed by atoms with Gasteiger partial charge in [-0.2, -0.15) is 11.8 Å². The average molecular weight is 768 g/mol. The van der Waals surface area contributed by atoms with E-state index in [9.17, 15) is 14.4 Å². The molecule has 1 atom stereocenters. The van der Waals surface area contributed by atoms with Crippen LogP contribution in [0.1, 0.15) is 214 Å². The molecule has 0 saturated carbocycles. The lowest BCUT2D eigenvalue weighted by atomic mass is 10.1. The van der Waals surface area contributed by atoms with E-state index in [1.54, 1.807) is 0 Å². The van der Waals surface area contributed by atoms with Crippen molar-refractivity contribution in [3.63, 3.8) is 0 Å². The van der Waals surface area contributed by atoms with E-state index >= 15 is 0 Å². The maximum absolute atomic E-state index is 13.1. The molecule has 8 heteroatoms. The molecule has 312 valence electrons. The Balaban J connectivity index is 2.18. The van der Waals surface area contributed by atoms with Gasteiger partial charge in [0, 0.05) is 18.6 Å². The molecule has 0 aromatic heterocycles. The van der Waals surface area contributed by atoms with Crippen molar-refractivity contribution in [3.8, 4) is 0 Å². The number of likely N-dealkylation sites (tertiary alicyclic amines) is 1. The van der Waals surface area contributed by atoms with Crippen LogP contribution in [0.3, 0.4) is 0 Å². The van der Waals surface area contributed by atoms with E-state index in [1.807, 2.05) is 11.8 Å². The fourth-order valence-corrected chi connectivity index (χ4v) is 8.29. The third kappa shape index (κ3) is 29.7. The van der Waals surface area contributed by atoms with Crippen LogP contribution in [0.25, 0.3) is 0 Å². The molecule has 1 rings (SSSR count). The molecular formula is C45H85NO6S. The molecule has 0 amide bonds. The molecule has 1 heterocycles. The van der Waals surface area contributed by atoms with Gasteiger partial charge in [-0.25, -0.2) is 0 Å². The predicted octanol–water partition coefficient (Wildman–Crippen LogP) is 12.4. The van der Waals surface area contributed by atoms with Crippen LogP contribution >= 0.6 is 11.8 Å². The lowest BCUT2D eigenvalue weighted by molar-refractivity contribution is -0.151. The maximum Gasteiger partial charge on any atom is 0.309 e. The summed E-state index contributed by atoms with van der Waals surface area (Å²) in [5.74, 6) is 1.88. The third-order valence-corrected chi connectivity index (χ3v) is 11.9. The fraction of sp³-hybridized carbons (Fsp3) is 0.933. The molecule has 1 fully saturated rings. The average Bonchev–Trinajstić information content (AvgIpc) is 3.68. The highest BCUT2D eigenvalue weighted by Crippen LogP contribution is 2.21. The van der Waals surface area contributed by atoms with Gasteiger partial charge in [0.1, 0.15) is 12.2 Å². The van der Waals surface area contributed by atoms with Gasteiger partial charge < -0.3 is 19.1 Å². The van der Waals surface area contributed by atoms with Gasteiger partial charge in [-0.15, -0.1) is 0 Å². The van der Waals surface area contributed by atoms with Crippen molar-refractivity contribution in [2.24, 2.45) is 5.92 Å². The molecule has 1 aliphatic rings. The van der Waals surface area contributed by atoms with E-state index in [0.29, 0.717) is 19.4 Å². The van der Waals surface area contributed by atoms with Gasteiger partial charge in [0.2, 0.25) is 0 Å². The van der Waals surface area contributed by atoms with Crippen molar-refractivity contribution < 1.29 is 28.6 Å². The smallest absolute Gasteiger partial charge is 0.309 e. The SMILES string of the molecule is CCCCC(CCCC)OC(=O)CCCCCCCCOC(=O)C(CCN1CCCC1)CSCCCCCCCCC(=O)OC(CCCC)CCCC. The molecule has 7 nitrogen and oxygen atoms in total. The number of ether oxygens (including phenoxy) is 3. The van der Waals surface area contributed by atoms with Gasteiger partial charge in [0.15, 0.2) is 0 Å². The summed E-state index contributed by atoms with van der Waals surface area (Å²) in [6.07, 6.45) is 30.7. The zero-order chi connectivity index (χ0) is 38.6. The first-order valence-corrected chi connectivity index (χ1v) is 23.9.